The van der Waals surface area contributed by atoms with Gasteiger partial charge in [-0.05, 0) is 6.92 Å². The van der Waals surface area contributed by atoms with E-state index in [0.717, 1.165) is 0 Å². The molecule has 0 aliphatic carbocycles. The van der Waals surface area contributed by atoms with E-state index >= 15 is 0 Å². The van der Waals surface area contributed by atoms with Gasteiger partial charge in [0.1, 0.15) is 0 Å². The second kappa shape index (κ2) is 5.53. The van der Waals surface area contributed by atoms with E-state index < -0.39 is 5.97 Å². The molecule has 0 rings (SSSR count). The van der Waals surface area contributed by atoms with Gasteiger partial charge < -0.3 is 4.74 Å². The molecule has 0 N–H and O–H groups in total. The molecule has 54 valence electrons. The van der Waals surface area contributed by atoms with Crippen LogP contribution >= 0.6 is 0 Å². The van der Waals surface area contributed by atoms with Crippen molar-refractivity contribution in [1.82, 2.24) is 0 Å². The lowest BCUT2D eigenvalue weighted by Crippen LogP contribution is -2.11. The Bertz CT molecular complexity index is 81.0. The van der Waals surface area contributed by atoms with Crippen LogP contribution in [0.3, 0.4) is 0 Å². The summed E-state index contributed by atoms with van der Waals surface area (Å²) in [5.74, 6) is -0.417. The maximum atomic E-state index is 10.4. The van der Waals surface area contributed by atoms with Crippen LogP contribution in [0.5, 0.6) is 0 Å². The van der Waals surface area contributed by atoms with Crippen molar-refractivity contribution < 1.29 is 19.3 Å². The first-order valence-corrected chi connectivity index (χ1v) is 2.62. The van der Waals surface area contributed by atoms with E-state index in [2.05, 4.69) is 14.5 Å². The molecule has 0 atom stereocenters. The third-order valence-electron chi connectivity index (χ3n) is 0.600. The topological polar surface area (TPSA) is 44.8 Å². The number of carbonyl (C=O) groups is 1. The summed E-state index contributed by atoms with van der Waals surface area (Å²) in [5, 5.41) is 0. The van der Waals surface area contributed by atoms with Gasteiger partial charge in [0.25, 0.3) is 0 Å². The smallest absolute Gasteiger partial charge is 0.335 e. The van der Waals surface area contributed by atoms with Crippen molar-refractivity contribution in [2.24, 2.45) is 0 Å². The molecule has 4 nitrogen and oxygen atoms in total. The molecule has 0 fully saturated rings. The van der Waals surface area contributed by atoms with Gasteiger partial charge in [0, 0.05) is 0 Å². The number of esters is 1. The summed E-state index contributed by atoms with van der Waals surface area (Å²) in [6.45, 7) is 1.95. The van der Waals surface area contributed by atoms with Gasteiger partial charge in [0.2, 0.25) is 0 Å². The second-order valence-corrected chi connectivity index (χ2v) is 1.23. The van der Waals surface area contributed by atoms with E-state index in [0.29, 0.717) is 6.61 Å². The lowest BCUT2D eigenvalue weighted by molar-refractivity contribution is -0.271. The fourth-order valence-electron chi connectivity index (χ4n) is 0.310. The highest BCUT2D eigenvalue weighted by Crippen LogP contribution is 1.79. The lowest BCUT2D eigenvalue weighted by atomic mass is 10.7. The molecule has 0 saturated carbocycles. The number of carbonyl (C=O) groups excluding carboxylic acids is 1. The SMILES string of the molecule is CCOC(=O)COOC. The molecule has 0 aliphatic rings. The minimum absolute atomic E-state index is 0.148. The Hall–Kier alpha value is -0.610. The number of hydrogen-bond acceptors (Lipinski definition) is 4. The molecular formula is C5H10O4. The summed E-state index contributed by atoms with van der Waals surface area (Å²) in [5.41, 5.74) is 0. The first-order chi connectivity index (χ1) is 4.31. The quantitative estimate of drug-likeness (QED) is 0.311. The van der Waals surface area contributed by atoms with Gasteiger partial charge >= 0.3 is 5.97 Å². The largest absolute Gasteiger partial charge is 0.464 e. The maximum absolute atomic E-state index is 10.4. The van der Waals surface area contributed by atoms with Crippen LogP contribution in [0.2, 0.25) is 0 Å². The Morgan fingerprint density at radius 3 is 2.67 bits per heavy atom. The van der Waals surface area contributed by atoms with Crippen molar-refractivity contribution in [3.8, 4) is 0 Å². The van der Waals surface area contributed by atoms with Crippen LogP contribution in [-0.2, 0) is 19.3 Å². The summed E-state index contributed by atoms with van der Waals surface area (Å²) in [7, 11) is 1.33. The summed E-state index contributed by atoms with van der Waals surface area (Å²) in [6.07, 6.45) is 0. The second-order valence-electron chi connectivity index (χ2n) is 1.23. The van der Waals surface area contributed by atoms with Gasteiger partial charge in [0.15, 0.2) is 6.61 Å². The zero-order valence-electron chi connectivity index (χ0n) is 5.55. The number of rotatable bonds is 4. The summed E-state index contributed by atoms with van der Waals surface area (Å²) >= 11 is 0. The molecule has 0 heterocycles. The van der Waals surface area contributed by atoms with Crippen LogP contribution in [-0.4, -0.2) is 26.3 Å². The fourth-order valence-corrected chi connectivity index (χ4v) is 0.310. The molecule has 0 bridgehead atoms. The minimum atomic E-state index is -0.417. The van der Waals surface area contributed by atoms with E-state index in [9.17, 15) is 4.79 Å². The fraction of sp³-hybridized carbons (Fsp3) is 0.800. The summed E-state index contributed by atoms with van der Waals surface area (Å²) < 4.78 is 4.50. The molecule has 9 heavy (non-hydrogen) atoms. The molecule has 0 aromatic carbocycles. The first-order valence-electron chi connectivity index (χ1n) is 2.62. The molecule has 4 heteroatoms. The van der Waals surface area contributed by atoms with E-state index in [1.165, 1.54) is 7.11 Å². The van der Waals surface area contributed by atoms with Crippen LogP contribution < -0.4 is 0 Å². The van der Waals surface area contributed by atoms with Gasteiger partial charge in [-0.25, -0.2) is 14.6 Å². The van der Waals surface area contributed by atoms with Gasteiger partial charge in [-0.1, -0.05) is 0 Å². The van der Waals surface area contributed by atoms with E-state index in [-0.39, 0.29) is 6.61 Å². The zero-order valence-corrected chi connectivity index (χ0v) is 5.55. The third-order valence-corrected chi connectivity index (χ3v) is 0.600. The number of hydrogen-bond donors (Lipinski definition) is 0. The van der Waals surface area contributed by atoms with Crippen LogP contribution in [0.25, 0.3) is 0 Å². The van der Waals surface area contributed by atoms with Crippen molar-refractivity contribution in [2.45, 2.75) is 6.92 Å². The number of ether oxygens (including phenoxy) is 1. The molecule has 0 radical (unpaired) electrons. The Morgan fingerprint density at radius 1 is 1.56 bits per heavy atom. The molecule has 0 spiro atoms. The predicted molar refractivity (Wildman–Crippen MR) is 29.6 cm³/mol. The molecule has 0 saturated heterocycles. The van der Waals surface area contributed by atoms with Crippen LogP contribution in [0.15, 0.2) is 0 Å². The molecule has 0 aromatic rings. The molecule has 0 aliphatic heterocycles. The van der Waals surface area contributed by atoms with Gasteiger partial charge in [0.05, 0.1) is 13.7 Å². The van der Waals surface area contributed by atoms with Gasteiger partial charge in [-0.3, -0.25) is 0 Å². The highest BCUT2D eigenvalue weighted by Gasteiger charge is 1.99. The average molecular weight is 134 g/mol. The maximum Gasteiger partial charge on any atom is 0.335 e. The Labute approximate surface area is 53.6 Å². The predicted octanol–water partition coefficient (Wildman–Crippen LogP) is 0.127. The normalized spacial score (nSPS) is 9.11. The summed E-state index contributed by atoms with van der Waals surface area (Å²) in [4.78, 5) is 18.8. The van der Waals surface area contributed by atoms with Crippen molar-refractivity contribution in [2.75, 3.05) is 20.3 Å². The van der Waals surface area contributed by atoms with Crippen LogP contribution in [0, 0.1) is 0 Å². The Balaban J connectivity index is 3.06. The Morgan fingerprint density at radius 2 is 2.22 bits per heavy atom. The molecule has 0 amide bonds. The highest BCUT2D eigenvalue weighted by atomic mass is 17.2. The highest BCUT2D eigenvalue weighted by molar-refractivity contribution is 5.70. The standard InChI is InChI=1S/C5H10O4/c1-3-8-5(6)4-9-7-2/h3-4H2,1-2H3. The Kier molecular flexibility index (Phi) is 5.15. The first kappa shape index (κ1) is 8.39. The van der Waals surface area contributed by atoms with Crippen molar-refractivity contribution in [3.63, 3.8) is 0 Å². The summed E-state index contributed by atoms with van der Waals surface area (Å²) in [6, 6.07) is 0. The zero-order chi connectivity index (χ0) is 7.11. The van der Waals surface area contributed by atoms with E-state index in [1.807, 2.05) is 0 Å². The van der Waals surface area contributed by atoms with E-state index in [4.69, 9.17) is 0 Å². The molecular weight excluding hydrogens is 124 g/mol. The minimum Gasteiger partial charge on any atom is -0.464 e. The van der Waals surface area contributed by atoms with Crippen molar-refractivity contribution in [1.29, 1.82) is 0 Å². The average Bonchev–Trinajstić information content (AvgIpc) is 1.85. The lowest BCUT2D eigenvalue weighted by Gasteiger charge is -1.98. The third kappa shape index (κ3) is 5.26. The van der Waals surface area contributed by atoms with Gasteiger partial charge in [-0.2, -0.15) is 0 Å². The van der Waals surface area contributed by atoms with Gasteiger partial charge in [-0.15, -0.1) is 0 Å². The monoisotopic (exact) mass is 134 g/mol. The molecule has 0 aromatic heterocycles. The van der Waals surface area contributed by atoms with Crippen LogP contribution in [0.1, 0.15) is 6.92 Å². The van der Waals surface area contributed by atoms with Crippen molar-refractivity contribution in [3.05, 3.63) is 0 Å². The van der Waals surface area contributed by atoms with E-state index in [1.54, 1.807) is 6.92 Å². The van der Waals surface area contributed by atoms with Crippen LogP contribution in [0.4, 0.5) is 0 Å². The van der Waals surface area contributed by atoms with Crippen molar-refractivity contribution >= 4 is 5.97 Å². The molecule has 0 unspecified atom stereocenters.